The molecule has 1 fully saturated rings. The molecule has 0 atom stereocenters. The zero-order chi connectivity index (χ0) is 24.5. The Bertz CT molecular complexity index is 1510. The second-order valence-corrected chi connectivity index (χ2v) is 9.51. The minimum absolute atomic E-state index is 0.320. The lowest BCUT2D eigenvalue weighted by atomic mass is 9.86. The first-order valence-electron chi connectivity index (χ1n) is 12.6. The van der Waals surface area contributed by atoms with Gasteiger partial charge in [-0.15, -0.1) is 0 Å². The van der Waals surface area contributed by atoms with E-state index in [-0.39, 0.29) is 5.82 Å². The van der Waals surface area contributed by atoms with Crippen LogP contribution in [0.3, 0.4) is 0 Å². The van der Waals surface area contributed by atoms with E-state index < -0.39 is 0 Å². The Kier molecular flexibility index (Phi) is 6.04. The molecule has 0 spiro atoms. The maximum atomic E-state index is 15.3. The van der Waals surface area contributed by atoms with Gasteiger partial charge < -0.3 is 4.74 Å². The van der Waals surface area contributed by atoms with Crippen molar-refractivity contribution >= 4 is 16.6 Å². The first kappa shape index (κ1) is 22.6. The number of benzene rings is 1. The van der Waals surface area contributed by atoms with Crippen molar-refractivity contribution in [2.45, 2.75) is 57.9 Å². The number of rotatable bonds is 7. The third kappa shape index (κ3) is 4.53. The summed E-state index contributed by atoms with van der Waals surface area (Å²) in [5.41, 5.74) is 4.08. The molecule has 0 N–H and O–H groups in total. The first-order valence-corrected chi connectivity index (χ1v) is 12.6. The van der Waals surface area contributed by atoms with Crippen LogP contribution in [-0.2, 0) is 6.54 Å². The van der Waals surface area contributed by atoms with Gasteiger partial charge in [0, 0.05) is 48.3 Å². The monoisotopic (exact) mass is 485 g/mol. The molecule has 1 aliphatic rings. The van der Waals surface area contributed by atoms with Gasteiger partial charge in [0.25, 0.3) is 0 Å². The Balaban J connectivity index is 1.30. The van der Waals surface area contributed by atoms with Crippen LogP contribution in [0.5, 0.6) is 5.75 Å². The highest BCUT2D eigenvalue weighted by molar-refractivity contribution is 5.84. The van der Waals surface area contributed by atoms with Gasteiger partial charge in [0.05, 0.1) is 35.4 Å². The Labute approximate surface area is 208 Å². The molecular formula is C27H28FN7O. The van der Waals surface area contributed by atoms with Gasteiger partial charge in [-0.1, -0.05) is 19.3 Å². The van der Waals surface area contributed by atoms with E-state index in [0.717, 1.165) is 37.2 Å². The van der Waals surface area contributed by atoms with E-state index in [0.29, 0.717) is 46.1 Å². The van der Waals surface area contributed by atoms with Gasteiger partial charge in [0.2, 0.25) is 0 Å². The van der Waals surface area contributed by atoms with E-state index in [9.17, 15) is 0 Å². The van der Waals surface area contributed by atoms with Crippen molar-refractivity contribution in [3.8, 4) is 17.0 Å². The van der Waals surface area contributed by atoms with E-state index in [1.54, 1.807) is 10.7 Å². The summed E-state index contributed by atoms with van der Waals surface area (Å²) in [4.78, 5) is 4.56. The normalized spacial score (nSPS) is 14.6. The molecule has 1 saturated carbocycles. The molecule has 4 heterocycles. The highest BCUT2D eigenvalue weighted by atomic mass is 19.1. The van der Waals surface area contributed by atoms with E-state index in [1.807, 2.05) is 48.3 Å². The van der Waals surface area contributed by atoms with Crippen molar-refractivity contribution in [3.05, 3.63) is 66.1 Å². The number of halogens is 1. The van der Waals surface area contributed by atoms with Gasteiger partial charge in [0.15, 0.2) is 11.4 Å². The smallest absolute Gasteiger partial charge is 0.196 e. The number of aryl methyl sites for hydroxylation is 2. The topological polar surface area (TPSA) is 83.0 Å². The van der Waals surface area contributed by atoms with Crippen molar-refractivity contribution in [3.63, 3.8) is 0 Å². The Morgan fingerprint density at radius 2 is 1.97 bits per heavy atom. The molecule has 1 aromatic carbocycles. The van der Waals surface area contributed by atoms with Gasteiger partial charge in [0.1, 0.15) is 5.82 Å². The summed E-state index contributed by atoms with van der Waals surface area (Å²) in [5.74, 6) is 0.656. The minimum Gasteiger partial charge on any atom is -0.489 e. The fraction of sp³-hybridized carbons (Fsp3) is 0.370. The Morgan fingerprint density at radius 1 is 1.08 bits per heavy atom. The molecule has 0 amide bonds. The van der Waals surface area contributed by atoms with Crippen LogP contribution in [0.4, 0.5) is 4.39 Å². The van der Waals surface area contributed by atoms with Gasteiger partial charge in [-0.2, -0.15) is 20.4 Å². The zero-order valence-corrected chi connectivity index (χ0v) is 20.3. The molecule has 0 unspecified atom stereocenters. The van der Waals surface area contributed by atoms with Crippen molar-refractivity contribution in [1.29, 1.82) is 0 Å². The molecule has 5 aromatic rings. The van der Waals surface area contributed by atoms with Gasteiger partial charge in [-0.25, -0.2) is 13.9 Å². The predicted octanol–water partition coefficient (Wildman–Crippen LogP) is 5.50. The summed E-state index contributed by atoms with van der Waals surface area (Å²) >= 11 is 0. The highest BCUT2D eigenvalue weighted by Gasteiger charge is 2.19. The fourth-order valence-electron chi connectivity index (χ4n) is 5.01. The summed E-state index contributed by atoms with van der Waals surface area (Å²) in [6, 6.07) is 8.96. The molecule has 0 bridgehead atoms. The van der Waals surface area contributed by atoms with Crippen LogP contribution >= 0.6 is 0 Å². The Hall–Kier alpha value is -3.88. The molecule has 4 aromatic heterocycles. The lowest BCUT2D eigenvalue weighted by Crippen LogP contribution is -2.08. The van der Waals surface area contributed by atoms with Crippen LogP contribution in [0.25, 0.3) is 27.8 Å². The lowest BCUT2D eigenvalue weighted by molar-refractivity contribution is 0.300. The number of aromatic nitrogens is 7. The average Bonchev–Trinajstić information content (AvgIpc) is 3.55. The van der Waals surface area contributed by atoms with Crippen LogP contribution in [0.15, 0.2) is 48.9 Å². The quantitative estimate of drug-likeness (QED) is 0.283. The highest BCUT2D eigenvalue weighted by Crippen LogP contribution is 2.34. The third-order valence-corrected chi connectivity index (χ3v) is 6.85. The van der Waals surface area contributed by atoms with Crippen LogP contribution < -0.4 is 4.74 Å². The number of hydrogen-bond donors (Lipinski definition) is 0. The van der Waals surface area contributed by atoms with Crippen molar-refractivity contribution in [2.24, 2.45) is 0 Å². The van der Waals surface area contributed by atoms with E-state index in [4.69, 9.17) is 4.74 Å². The van der Waals surface area contributed by atoms with Crippen LogP contribution in [0, 0.1) is 12.7 Å². The second kappa shape index (κ2) is 9.64. The Morgan fingerprint density at radius 3 is 2.81 bits per heavy atom. The van der Waals surface area contributed by atoms with Gasteiger partial charge >= 0.3 is 0 Å². The molecule has 8 nitrogen and oxygen atoms in total. The SMILES string of the molecule is Cc1cn2nc(-c3cc(F)c4cc(C5CCCCC5)nnc4c3)cc(OCCCn3cccn3)c2n1. The van der Waals surface area contributed by atoms with Crippen molar-refractivity contribution in [2.75, 3.05) is 6.61 Å². The summed E-state index contributed by atoms with van der Waals surface area (Å²) in [5, 5.41) is 18.3. The molecule has 0 saturated heterocycles. The molecule has 36 heavy (non-hydrogen) atoms. The number of nitrogens with zero attached hydrogens (tertiary/aromatic N) is 7. The maximum absolute atomic E-state index is 15.3. The molecule has 0 radical (unpaired) electrons. The van der Waals surface area contributed by atoms with Crippen molar-refractivity contribution in [1.82, 2.24) is 34.6 Å². The van der Waals surface area contributed by atoms with Crippen LogP contribution in [-0.4, -0.2) is 41.2 Å². The third-order valence-electron chi connectivity index (χ3n) is 6.85. The van der Waals surface area contributed by atoms with Gasteiger partial charge in [-0.3, -0.25) is 4.68 Å². The largest absolute Gasteiger partial charge is 0.489 e. The first-order chi connectivity index (χ1) is 17.6. The summed E-state index contributed by atoms with van der Waals surface area (Å²) < 4.78 is 25.0. The zero-order valence-electron chi connectivity index (χ0n) is 20.3. The van der Waals surface area contributed by atoms with Crippen LogP contribution in [0.1, 0.15) is 55.8 Å². The van der Waals surface area contributed by atoms with E-state index in [1.165, 1.54) is 25.3 Å². The van der Waals surface area contributed by atoms with E-state index >= 15 is 4.39 Å². The fourth-order valence-corrected chi connectivity index (χ4v) is 5.01. The molecule has 9 heteroatoms. The number of hydrogen-bond acceptors (Lipinski definition) is 6. The summed E-state index contributed by atoms with van der Waals surface area (Å²) in [6.07, 6.45) is 12.2. The number of fused-ring (bicyclic) bond motifs is 2. The lowest BCUT2D eigenvalue weighted by Gasteiger charge is -2.20. The molecule has 184 valence electrons. The predicted molar refractivity (Wildman–Crippen MR) is 134 cm³/mol. The summed E-state index contributed by atoms with van der Waals surface area (Å²) in [6.45, 7) is 3.16. The van der Waals surface area contributed by atoms with Crippen molar-refractivity contribution < 1.29 is 9.13 Å². The average molecular weight is 486 g/mol. The molecule has 6 rings (SSSR count). The minimum atomic E-state index is -0.320. The molecular weight excluding hydrogens is 457 g/mol. The van der Waals surface area contributed by atoms with E-state index in [2.05, 4.69) is 25.4 Å². The second-order valence-electron chi connectivity index (χ2n) is 9.51. The molecule has 0 aliphatic heterocycles. The number of ether oxygens (including phenoxy) is 1. The van der Waals surface area contributed by atoms with Crippen LogP contribution in [0.2, 0.25) is 0 Å². The standard InChI is InChI=1S/C27H28FN7O/c1-18-17-35-27(30-18)26(36-12-6-11-34-10-5-9-29-34)16-24(33-35)20-13-22(28)21-15-23(31-32-25(21)14-20)19-7-3-2-4-8-19/h5,9-10,13-17,19H,2-4,6-8,11-12H2,1H3. The molecule has 1 aliphatic carbocycles. The maximum Gasteiger partial charge on any atom is 0.196 e. The van der Waals surface area contributed by atoms with Gasteiger partial charge in [-0.05, 0) is 44.0 Å². The number of imidazole rings is 1. The summed E-state index contributed by atoms with van der Waals surface area (Å²) in [7, 11) is 0.